The normalized spacial score (nSPS) is 11.6. The van der Waals surface area contributed by atoms with Gasteiger partial charge in [0.25, 0.3) is 5.69 Å². The van der Waals surface area contributed by atoms with Crippen LogP contribution in [0.5, 0.6) is 0 Å². The second-order valence-electron chi connectivity index (χ2n) is 6.29. The Morgan fingerprint density at radius 2 is 1.78 bits per heavy atom. The van der Waals surface area contributed by atoms with Gasteiger partial charge in [0, 0.05) is 19.2 Å². The number of nitrogens with zero attached hydrogens (tertiary/aromatic N) is 4. The molecule has 0 spiro atoms. The smallest absolute Gasteiger partial charge is 0.269 e. The van der Waals surface area contributed by atoms with Crippen molar-refractivity contribution in [2.45, 2.75) is 6.92 Å². The molecular weight excluding hydrogens is 344 g/mol. The minimum atomic E-state index is -0.453. The summed E-state index contributed by atoms with van der Waals surface area (Å²) in [5.41, 5.74) is 4.61. The van der Waals surface area contributed by atoms with E-state index in [9.17, 15) is 14.9 Å². The Balaban J connectivity index is 1.74. The molecule has 0 amide bonds. The molecule has 0 atom stereocenters. The lowest BCUT2D eigenvalue weighted by Crippen LogP contribution is -1.99. The Morgan fingerprint density at radius 1 is 1.11 bits per heavy atom. The van der Waals surface area contributed by atoms with E-state index in [4.69, 9.17) is 0 Å². The first-order valence-electron chi connectivity index (χ1n) is 8.37. The van der Waals surface area contributed by atoms with Gasteiger partial charge < -0.3 is 4.57 Å². The van der Waals surface area contributed by atoms with Gasteiger partial charge in [-0.15, -0.1) is 0 Å². The molecule has 4 aromatic rings. The maximum absolute atomic E-state index is 12.9. The van der Waals surface area contributed by atoms with Crippen LogP contribution in [-0.2, 0) is 7.05 Å². The second-order valence-corrected chi connectivity index (χ2v) is 6.29. The van der Waals surface area contributed by atoms with E-state index in [0.717, 1.165) is 16.7 Å². The Labute approximate surface area is 154 Å². The first kappa shape index (κ1) is 16.7. The van der Waals surface area contributed by atoms with Gasteiger partial charge in [0.05, 0.1) is 27.2 Å². The fourth-order valence-corrected chi connectivity index (χ4v) is 3.28. The summed E-state index contributed by atoms with van der Waals surface area (Å²) in [5.74, 6) is -0.160. The molecule has 2 aromatic heterocycles. The molecular formula is C20H16N4O3. The minimum Gasteiger partial charge on any atom is -0.327 e. The van der Waals surface area contributed by atoms with Gasteiger partial charge in [-0.3, -0.25) is 14.9 Å². The van der Waals surface area contributed by atoms with E-state index >= 15 is 0 Å². The highest BCUT2D eigenvalue weighted by molar-refractivity contribution is 6.12. The van der Waals surface area contributed by atoms with Crippen molar-refractivity contribution in [1.29, 1.82) is 0 Å². The van der Waals surface area contributed by atoms with Crippen molar-refractivity contribution >= 4 is 34.2 Å². The number of para-hydroxylation sites is 2. The summed E-state index contributed by atoms with van der Waals surface area (Å²) in [6.45, 7) is 1.81. The van der Waals surface area contributed by atoms with Gasteiger partial charge in [-0.1, -0.05) is 18.2 Å². The number of nitro benzene ring substituents is 1. The number of hydrogen-bond acceptors (Lipinski definition) is 4. The van der Waals surface area contributed by atoms with Gasteiger partial charge >= 0.3 is 0 Å². The van der Waals surface area contributed by atoms with Crippen LogP contribution in [0.25, 0.3) is 22.8 Å². The number of aromatic nitrogens is 3. The summed E-state index contributed by atoms with van der Waals surface area (Å²) in [7, 11) is 1.91. The predicted octanol–water partition coefficient (Wildman–Crippen LogP) is 3.94. The zero-order valence-corrected chi connectivity index (χ0v) is 14.8. The number of carbonyl (C=O) groups excluding carboxylic acids is 1. The molecule has 27 heavy (non-hydrogen) atoms. The molecule has 0 unspecified atom stereocenters. The number of benzene rings is 2. The van der Waals surface area contributed by atoms with Gasteiger partial charge in [0.1, 0.15) is 5.65 Å². The number of rotatable bonds is 4. The highest BCUT2D eigenvalue weighted by Gasteiger charge is 2.20. The van der Waals surface area contributed by atoms with Gasteiger partial charge in [-0.25, -0.2) is 4.52 Å². The van der Waals surface area contributed by atoms with Crippen molar-refractivity contribution < 1.29 is 9.72 Å². The summed E-state index contributed by atoms with van der Waals surface area (Å²) < 4.78 is 3.75. The van der Waals surface area contributed by atoms with Crippen LogP contribution in [0.1, 0.15) is 21.6 Å². The Hall–Kier alpha value is -3.74. The number of carbonyl (C=O) groups is 1. The Kier molecular flexibility index (Phi) is 3.84. The maximum atomic E-state index is 12.9. The lowest BCUT2D eigenvalue weighted by atomic mass is 10.1. The van der Waals surface area contributed by atoms with Crippen LogP contribution in [0.2, 0.25) is 0 Å². The standard InChI is InChI=1S/C20H16N4O3/c1-13-19(18(25)12-9-14-7-10-15(11-8-14)24(26)27)20-22(2)16-5-3-4-6-17(16)23(20)21-13/h3-12H,1-2H3/b12-9+. The Morgan fingerprint density at radius 3 is 2.44 bits per heavy atom. The van der Waals surface area contributed by atoms with E-state index in [1.807, 2.05) is 42.8 Å². The molecule has 0 aliphatic rings. The van der Waals surface area contributed by atoms with Gasteiger partial charge in [-0.05, 0) is 42.8 Å². The number of non-ortho nitro benzene ring substituents is 1. The van der Waals surface area contributed by atoms with Crippen LogP contribution in [0.3, 0.4) is 0 Å². The van der Waals surface area contributed by atoms with E-state index in [1.165, 1.54) is 18.2 Å². The van der Waals surface area contributed by atoms with E-state index in [0.29, 0.717) is 16.8 Å². The SMILES string of the molecule is Cc1nn2c3ccccc3n(C)c2c1C(=O)/C=C/c1ccc([N+](=O)[O-])cc1. The van der Waals surface area contributed by atoms with Crippen LogP contribution in [0, 0.1) is 17.0 Å². The van der Waals surface area contributed by atoms with Crippen molar-refractivity contribution in [3.8, 4) is 0 Å². The summed E-state index contributed by atoms with van der Waals surface area (Å²) in [6, 6.07) is 13.9. The van der Waals surface area contributed by atoms with Crippen molar-refractivity contribution in [3.05, 3.63) is 81.5 Å². The molecule has 0 aliphatic heterocycles. The predicted molar refractivity (Wildman–Crippen MR) is 103 cm³/mol. The second kappa shape index (κ2) is 6.21. The van der Waals surface area contributed by atoms with Crippen molar-refractivity contribution in [3.63, 3.8) is 0 Å². The summed E-state index contributed by atoms with van der Waals surface area (Å²) in [5, 5.41) is 15.3. The third kappa shape index (κ3) is 2.69. The first-order valence-corrected chi connectivity index (χ1v) is 8.37. The zero-order chi connectivity index (χ0) is 19.1. The van der Waals surface area contributed by atoms with Gasteiger partial charge in [0.2, 0.25) is 0 Å². The van der Waals surface area contributed by atoms with Gasteiger partial charge in [-0.2, -0.15) is 5.10 Å². The monoisotopic (exact) mass is 360 g/mol. The summed E-state index contributed by atoms with van der Waals surface area (Å²) in [4.78, 5) is 23.1. The molecule has 0 bridgehead atoms. The van der Waals surface area contributed by atoms with Gasteiger partial charge in [0.15, 0.2) is 5.78 Å². The van der Waals surface area contributed by atoms with Crippen LogP contribution in [0.15, 0.2) is 54.6 Å². The third-order valence-corrected chi connectivity index (χ3v) is 4.60. The number of ketones is 1. The quantitative estimate of drug-likeness (QED) is 0.239. The molecule has 0 N–H and O–H groups in total. The van der Waals surface area contributed by atoms with Crippen LogP contribution in [-0.4, -0.2) is 24.9 Å². The number of hydrogen-bond donors (Lipinski definition) is 0. The van der Waals surface area contributed by atoms with Crippen LogP contribution in [0.4, 0.5) is 5.69 Å². The van der Waals surface area contributed by atoms with Crippen molar-refractivity contribution in [2.24, 2.45) is 7.05 Å². The Bertz CT molecular complexity index is 1230. The summed E-state index contributed by atoms with van der Waals surface area (Å²) >= 11 is 0. The van der Waals surface area contributed by atoms with Crippen molar-refractivity contribution in [2.75, 3.05) is 0 Å². The molecule has 134 valence electrons. The molecule has 0 fully saturated rings. The topological polar surface area (TPSA) is 82.4 Å². The molecule has 4 rings (SSSR count). The molecule has 7 nitrogen and oxygen atoms in total. The number of allylic oxidation sites excluding steroid dienone is 1. The van der Waals surface area contributed by atoms with Crippen molar-refractivity contribution in [1.82, 2.24) is 14.2 Å². The lowest BCUT2D eigenvalue weighted by molar-refractivity contribution is -0.384. The minimum absolute atomic E-state index is 0.0168. The lowest BCUT2D eigenvalue weighted by Gasteiger charge is -1.99. The molecule has 0 saturated carbocycles. The fourth-order valence-electron chi connectivity index (χ4n) is 3.28. The zero-order valence-electron chi connectivity index (χ0n) is 14.8. The molecule has 2 aromatic carbocycles. The largest absolute Gasteiger partial charge is 0.327 e. The number of nitro groups is 1. The highest BCUT2D eigenvalue weighted by atomic mass is 16.6. The summed E-state index contributed by atoms with van der Waals surface area (Å²) in [6.07, 6.45) is 3.13. The first-order chi connectivity index (χ1) is 13.0. The fraction of sp³-hybridized carbons (Fsp3) is 0.100. The molecule has 0 radical (unpaired) electrons. The number of imidazole rings is 1. The molecule has 0 saturated heterocycles. The molecule has 2 heterocycles. The van der Waals surface area contributed by atoms with E-state index < -0.39 is 4.92 Å². The van der Waals surface area contributed by atoms with E-state index in [1.54, 1.807) is 22.7 Å². The average Bonchev–Trinajstić information content (AvgIpc) is 3.15. The van der Waals surface area contributed by atoms with Crippen LogP contribution >= 0.6 is 0 Å². The molecule has 0 aliphatic carbocycles. The maximum Gasteiger partial charge on any atom is 0.269 e. The number of fused-ring (bicyclic) bond motifs is 3. The highest BCUT2D eigenvalue weighted by Crippen LogP contribution is 2.25. The third-order valence-electron chi connectivity index (χ3n) is 4.60. The van der Waals surface area contributed by atoms with E-state index in [-0.39, 0.29) is 11.5 Å². The van der Waals surface area contributed by atoms with Crippen LogP contribution < -0.4 is 0 Å². The van der Waals surface area contributed by atoms with E-state index in [2.05, 4.69) is 5.10 Å². The average molecular weight is 360 g/mol. The molecule has 7 heteroatoms. The number of aryl methyl sites for hydroxylation is 2.